The van der Waals surface area contributed by atoms with Crippen LogP contribution in [0.15, 0.2) is 57.7 Å². The molecule has 0 amide bonds. The van der Waals surface area contributed by atoms with E-state index in [4.69, 9.17) is 4.42 Å². The molecule has 3 aromatic rings. The number of rotatable bonds is 3. The Bertz CT molecular complexity index is 1010. The Labute approximate surface area is 137 Å². The molecule has 0 bridgehead atoms. The SMILES string of the molecule is O=c1oc2ccc([N+](=O)[O-])cc2cc1-c1ccc(OC(F)(F)F)cc1. The number of ether oxygens (including phenoxy) is 1. The number of benzene rings is 2. The Morgan fingerprint density at radius 1 is 1.04 bits per heavy atom. The molecule has 1 heterocycles. The number of nitro groups is 1. The van der Waals surface area contributed by atoms with Crippen LogP contribution >= 0.6 is 0 Å². The number of hydrogen-bond donors (Lipinski definition) is 0. The van der Waals surface area contributed by atoms with E-state index < -0.39 is 22.7 Å². The second-order valence-electron chi connectivity index (χ2n) is 5.00. The molecule has 0 spiro atoms. The number of nitro benzene ring substituents is 1. The van der Waals surface area contributed by atoms with E-state index in [0.717, 1.165) is 12.1 Å². The first-order valence-corrected chi connectivity index (χ1v) is 6.81. The highest BCUT2D eigenvalue weighted by Crippen LogP contribution is 2.27. The summed E-state index contributed by atoms with van der Waals surface area (Å²) in [6.45, 7) is 0. The first kappa shape index (κ1) is 16.5. The molecular formula is C16H8F3NO5. The third kappa shape index (κ3) is 3.60. The van der Waals surface area contributed by atoms with Gasteiger partial charge in [0.15, 0.2) is 0 Å². The number of halogens is 3. The van der Waals surface area contributed by atoms with Gasteiger partial charge in [-0.25, -0.2) is 4.79 Å². The maximum absolute atomic E-state index is 12.2. The number of non-ortho nitro benzene ring substituents is 1. The van der Waals surface area contributed by atoms with E-state index in [0.29, 0.717) is 5.39 Å². The van der Waals surface area contributed by atoms with Crippen LogP contribution in [-0.4, -0.2) is 11.3 Å². The zero-order valence-corrected chi connectivity index (χ0v) is 12.2. The standard InChI is InChI=1S/C16H8F3NO5/c17-16(18,19)25-12-4-1-9(2-5-12)13-8-10-7-11(20(22)23)3-6-14(10)24-15(13)21/h1-8H. The van der Waals surface area contributed by atoms with E-state index >= 15 is 0 Å². The third-order valence-corrected chi connectivity index (χ3v) is 3.33. The summed E-state index contributed by atoms with van der Waals surface area (Å²) in [4.78, 5) is 22.3. The summed E-state index contributed by atoms with van der Waals surface area (Å²) >= 11 is 0. The maximum atomic E-state index is 12.2. The van der Waals surface area contributed by atoms with Gasteiger partial charge in [0.05, 0.1) is 10.5 Å². The molecule has 0 aliphatic rings. The van der Waals surface area contributed by atoms with Crippen molar-refractivity contribution in [1.29, 1.82) is 0 Å². The van der Waals surface area contributed by atoms with E-state index in [-0.39, 0.29) is 22.4 Å². The van der Waals surface area contributed by atoms with Crippen molar-refractivity contribution >= 4 is 16.7 Å². The lowest BCUT2D eigenvalue weighted by Crippen LogP contribution is -2.17. The minimum atomic E-state index is -4.82. The van der Waals surface area contributed by atoms with Gasteiger partial charge in [0.1, 0.15) is 11.3 Å². The average molecular weight is 351 g/mol. The van der Waals surface area contributed by atoms with Crippen molar-refractivity contribution in [2.24, 2.45) is 0 Å². The summed E-state index contributed by atoms with van der Waals surface area (Å²) < 4.78 is 45.4. The van der Waals surface area contributed by atoms with Gasteiger partial charge in [-0.05, 0) is 29.8 Å². The lowest BCUT2D eigenvalue weighted by atomic mass is 10.1. The molecule has 128 valence electrons. The topological polar surface area (TPSA) is 82.6 Å². The van der Waals surface area contributed by atoms with Gasteiger partial charge in [0, 0.05) is 17.5 Å². The lowest BCUT2D eigenvalue weighted by molar-refractivity contribution is -0.384. The van der Waals surface area contributed by atoms with E-state index in [2.05, 4.69) is 4.74 Å². The first-order chi connectivity index (χ1) is 11.7. The average Bonchev–Trinajstić information content (AvgIpc) is 2.53. The molecule has 25 heavy (non-hydrogen) atoms. The molecule has 0 aliphatic carbocycles. The number of nitrogens with zero attached hydrogens (tertiary/aromatic N) is 1. The fourth-order valence-corrected chi connectivity index (χ4v) is 2.26. The predicted octanol–water partition coefficient (Wildman–Crippen LogP) is 4.27. The quantitative estimate of drug-likeness (QED) is 0.400. The Morgan fingerprint density at radius 3 is 2.32 bits per heavy atom. The fourth-order valence-electron chi connectivity index (χ4n) is 2.26. The summed E-state index contributed by atoms with van der Waals surface area (Å²) in [6.07, 6.45) is -4.82. The van der Waals surface area contributed by atoms with Crippen molar-refractivity contribution in [2.45, 2.75) is 6.36 Å². The Morgan fingerprint density at radius 2 is 1.72 bits per heavy atom. The summed E-state index contributed by atoms with van der Waals surface area (Å²) in [5.41, 5.74) is -0.383. The molecule has 0 fully saturated rings. The summed E-state index contributed by atoms with van der Waals surface area (Å²) in [6, 6.07) is 9.76. The van der Waals surface area contributed by atoms with Crippen molar-refractivity contribution in [3.05, 3.63) is 69.1 Å². The van der Waals surface area contributed by atoms with Crippen LogP contribution in [0.2, 0.25) is 0 Å². The van der Waals surface area contributed by atoms with Crippen molar-refractivity contribution in [2.75, 3.05) is 0 Å². The third-order valence-electron chi connectivity index (χ3n) is 3.33. The number of hydrogen-bond acceptors (Lipinski definition) is 5. The molecule has 0 saturated heterocycles. The molecular weight excluding hydrogens is 343 g/mol. The van der Waals surface area contributed by atoms with Crippen LogP contribution in [0.3, 0.4) is 0 Å². The fraction of sp³-hybridized carbons (Fsp3) is 0.0625. The minimum absolute atomic E-state index is 0.0616. The maximum Gasteiger partial charge on any atom is 0.573 e. The zero-order chi connectivity index (χ0) is 18.2. The van der Waals surface area contributed by atoms with Crippen LogP contribution in [0, 0.1) is 10.1 Å². The van der Waals surface area contributed by atoms with Crippen LogP contribution in [0.4, 0.5) is 18.9 Å². The second kappa shape index (κ2) is 5.93. The molecule has 0 atom stereocenters. The van der Waals surface area contributed by atoms with Gasteiger partial charge in [0.2, 0.25) is 0 Å². The van der Waals surface area contributed by atoms with Crippen LogP contribution < -0.4 is 10.4 Å². The van der Waals surface area contributed by atoms with Gasteiger partial charge in [-0.2, -0.15) is 0 Å². The predicted molar refractivity (Wildman–Crippen MR) is 81.3 cm³/mol. The van der Waals surface area contributed by atoms with Gasteiger partial charge in [-0.1, -0.05) is 12.1 Å². The van der Waals surface area contributed by atoms with E-state index in [9.17, 15) is 28.1 Å². The smallest absolute Gasteiger partial charge is 0.422 e. The molecule has 3 rings (SSSR count). The van der Waals surface area contributed by atoms with Crippen LogP contribution in [-0.2, 0) is 0 Å². The van der Waals surface area contributed by atoms with Gasteiger partial charge >= 0.3 is 12.0 Å². The molecule has 6 nitrogen and oxygen atoms in total. The molecule has 2 aromatic carbocycles. The number of fused-ring (bicyclic) bond motifs is 1. The van der Waals surface area contributed by atoms with Gasteiger partial charge in [-0.3, -0.25) is 10.1 Å². The molecule has 9 heteroatoms. The molecule has 0 saturated carbocycles. The van der Waals surface area contributed by atoms with Crippen molar-refractivity contribution < 1.29 is 27.2 Å². The van der Waals surface area contributed by atoms with E-state index in [1.165, 1.54) is 36.4 Å². The molecule has 0 N–H and O–H groups in total. The van der Waals surface area contributed by atoms with Crippen molar-refractivity contribution in [3.8, 4) is 16.9 Å². The van der Waals surface area contributed by atoms with E-state index in [1.54, 1.807) is 0 Å². The van der Waals surface area contributed by atoms with Gasteiger partial charge < -0.3 is 9.15 Å². The van der Waals surface area contributed by atoms with Crippen LogP contribution in [0.25, 0.3) is 22.1 Å². The molecule has 0 radical (unpaired) electrons. The van der Waals surface area contributed by atoms with Crippen LogP contribution in [0.1, 0.15) is 0 Å². The van der Waals surface area contributed by atoms with Crippen LogP contribution in [0.5, 0.6) is 5.75 Å². The van der Waals surface area contributed by atoms with Gasteiger partial charge in [-0.15, -0.1) is 13.2 Å². The summed E-state index contributed by atoms with van der Waals surface area (Å²) in [7, 11) is 0. The Balaban J connectivity index is 2.04. The zero-order valence-electron chi connectivity index (χ0n) is 12.2. The van der Waals surface area contributed by atoms with Crippen molar-refractivity contribution in [1.82, 2.24) is 0 Å². The first-order valence-electron chi connectivity index (χ1n) is 6.81. The Kier molecular flexibility index (Phi) is 3.91. The van der Waals surface area contributed by atoms with Crippen molar-refractivity contribution in [3.63, 3.8) is 0 Å². The second-order valence-corrected chi connectivity index (χ2v) is 5.00. The van der Waals surface area contributed by atoms with E-state index in [1.807, 2.05) is 0 Å². The lowest BCUT2D eigenvalue weighted by Gasteiger charge is -2.09. The highest BCUT2D eigenvalue weighted by Gasteiger charge is 2.31. The van der Waals surface area contributed by atoms with Gasteiger partial charge in [0.25, 0.3) is 5.69 Å². The minimum Gasteiger partial charge on any atom is -0.422 e. The summed E-state index contributed by atoms with van der Waals surface area (Å²) in [5, 5.41) is 11.1. The largest absolute Gasteiger partial charge is 0.573 e. The number of alkyl halides is 3. The monoisotopic (exact) mass is 351 g/mol. The molecule has 1 aromatic heterocycles. The molecule has 0 unspecified atom stereocenters. The normalized spacial score (nSPS) is 11.5. The Hall–Kier alpha value is -3.36. The highest BCUT2D eigenvalue weighted by atomic mass is 19.4. The molecule has 0 aliphatic heterocycles. The highest BCUT2D eigenvalue weighted by molar-refractivity contribution is 5.83. The summed E-state index contributed by atoms with van der Waals surface area (Å²) in [5.74, 6) is -0.433.